The molecule has 0 saturated heterocycles. The molecule has 0 atom stereocenters. The van der Waals surface area contributed by atoms with Gasteiger partial charge in [0.05, 0.1) is 0 Å². The molecule has 0 aromatic carbocycles. The van der Waals surface area contributed by atoms with Gasteiger partial charge in [0.1, 0.15) is 5.15 Å². The van der Waals surface area contributed by atoms with E-state index in [4.69, 9.17) is 11.6 Å². The molecule has 0 unspecified atom stereocenters. The highest BCUT2D eigenvalue weighted by Gasteiger charge is 2.07. The Hall–Kier alpha value is -1.35. The number of pyridine rings is 1. The van der Waals surface area contributed by atoms with Crippen molar-refractivity contribution in [1.29, 1.82) is 0 Å². The lowest BCUT2D eigenvalue weighted by molar-refractivity contribution is 0.0954. The fourth-order valence-corrected chi connectivity index (χ4v) is 2.12. The second kappa shape index (κ2) is 5.82. The summed E-state index contributed by atoms with van der Waals surface area (Å²) in [5.74, 6) is -0.0899. The molecule has 3 nitrogen and oxygen atoms in total. The van der Waals surface area contributed by atoms with E-state index in [-0.39, 0.29) is 5.91 Å². The molecule has 1 N–H and O–H groups in total. The van der Waals surface area contributed by atoms with E-state index >= 15 is 0 Å². The molecular formula is C13H15ClN2O. The van der Waals surface area contributed by atoms with Crippen LogP contribution >= 0.6 is 11.6 Å². The highest BCUT2D eigenvalue weighted by molar-refractivity contribution is 6.29. The molecule has 0 bridgehead atoms. The highest BCUT2D eigenvalue weighted by atomic mass is 35.5. The summed E-state index contributed by atoms with van der Waals surface area (Å²) >= 11 is 5.73. The molecule has 0 radical (unpaired) electrons. The first-order valence-electron chi connectivity index (χ1n) is 5.83. The Labute approximate surface area is 106 Å². The van der Waals surface area contributed by atoms with Crippen LogP contribution in [0.5, 0.6) is 0 Å². The third-order valence-corrected chi connectivity index (χ3v) is 3.06. The molecular weight excluding hydrogens is 236 g/mol. The van der Waals surface area contributed by atoms with Crippen LogP contribution in [0.25, 0.3) is 0 Å². The molecule has 90 valence electrons. The molecule has 4 heteroatoms. The zero-order valence-corrected chi connectivity index (χ0v) is 10.3. The molecule has 2 rings (SSSR count). The molecule has 1 aliphatic rings. The molecule has 1 aromatic heterocycles. The normalized spacial score (nSPS) is 14.5. The van der Waals surface area contributed by atoms with Gasteiger partial charge in [0.15, 0.2) is 0 Å². The van der Waals surface area contributed by atoms with Crippen LogP contribution in [-0.2, 0) is 0 Å². The summed E-state index contributed by atoms with van der Waals surface area (Å²) in [4.78, 5) is 15.6. The Morgan fingerprint density at radius 2 is 2.41 bits per heavy atom. The van der Waals surface area contributed by atoms with Crippen molar-refractivity contribution in [2.75, 3.05) is 6.54 Å². The van der Waals surface area contributed by atoms with Crippen molar-refractivity contribution >= 4 is 17.5 Å². The van der Waals surface area contributed by atoms with Crippen molar-refractivity contribution in [3.05, 3.63) is 40.7 Å². The number of halogens is 1. The van der Waals surface area contributed by atoms with Gasteiger partial charge in [-0.1, -0.05) is 23.3 Å². The van der Waals surface area contributed by atoms with Crippen molar-refractivity contribution < 1.29 is 4.79 Å². The van der Waals surface area contributed by atoms with Gasteiger partial charge in [0.2, 0.25) is 0 Å². The Bertz CT molecular complexity index is 443. The first-order chi connectivity index (χ1) is 8.25. The van der Waals surface area contributed by atoms with Crippen LogP contribution in [0.3, 0.4) is 0 Å². The summed E-state index contributed by atoms with van der Waals surface area (Å²) in [5, 5.41) is 3.23. The molecule has 0 spiro atoms. The van der Waals surface area contributed by atoms with Gasteiger partial charge in [-0.15, -0.1) is 0 Å². The average Bonchev–Trinajstić information content (AvgIpc) is 2.82. The number of rotatable bonds is 4. The first-order valence-corrected chi connectivity index (χ1v) is 6.21. The average molecular weight is 251 g/mol. The van der Waals surface area contributed by atoms with Gasteiger partial charge in [-0.3, -0.25) is 4.79 Å². The number of nitrogens with zero attached hydrogens (tertiary/aromatic N) is 1. The number of allylic oxidation sites excluding steroid dienone is 1. The minimum atomic E-state index is -0.0899. The standard InChI is InChI=1S/C13H15ClN2O/c14-12-9-11(6-8-15-12)13(17)16-7-5-10-3-1-2-4-10/h3,6,8-9H,1-2,4-5,7H2,(H,16,17). The fourth-order valence-electron chi connectivity index (χ4n) is 1.95. The molecule has 17 heavy (non-hydrogen) atoms. The summed E-state index contributed by atoms with van der Waals surface area (Å²) in [5.41, 5.74) is 2.02. The van der Waals surface area contributed by atoms with E-state index in [1.165, 1.54) is 31.0 Å². The van der Waals surface area contributed by atoms with Gasteiger partial charge in [-0.05, 0) is 37.8 Å². The topological polar surface area (TPSA) is 42.0 Å². The van der Waals surface area contributed by atoms with Crippen molar-refractivity contribution in [3.63, 3.8) is 0 Å². The summed E-state index contributed by atoms with van der Waals surface area (Å²) < 4.78 is 0. The summed E-state index contributed by atoms with van der Waals surface area (Å²) in [6, 6.07) is 3.24. The van der Waals surface area contributed by atoms with Crippen LogP contribution in [0.1, 0.15) is 36.0 Å². The lowest BCUT2D eigenvalue weighted by atomic mass is 10.1. The maximum atomic E-state index is 11.8. The summed E-state index contributed by atoms with van der Waals surface area (Å²) in [6.07, 6.45) is 8.38. The van der Waals surface area contributed by atoms with E-state index in [0.717, 1.165) is 6.42 Å². The second-order valence-corrected chi connectivity index (χ2v) is 4.51. The lowest BCUT2D eigenvalue weighted by Gasteiger charge is -2.05. The fraction of sp³-hybridized carbons (Fsp3) is 0.385. The Balaban J connectivity index is 1.81. The SMILES string of the molecule is O=C(NCCC1=CCCC1)c1ccnc(Cl)c1. The predicted molar refractivity (Wildman–Crippen MR) is 68.1 cm³/mol. The Kier molecular flexibility index (Phi) is 4.15. The zero-order chi connectivity index (χ0) is 12.1. The molecule has 0 fully saturated rings. The number of hydrogen-bond acceptors (Lipinski definition) is 2. The second-order valence-electron chi connectivity index (χ2n) is 4.13. The minimum absolute atomic E-state index is 0.0899. The van der Waals surface area contributed by atoms with Crippen LogP contribution in [-0.4, -0.2) is 17.4 Å². The minimum Gasteiger partial charge on any atom is -0.352 e. The van der Waals surface area contributed by atoms with Crippen LogP contribution in [0.15, 0.2) is 30.0 Å². The van der Waals surface area contributed by atoms with Gasteiger partial charge in [-0.25, -0.2) is 4.98 Å². The third kappa shape index (κ3) is 3.56. The van der Waals surface area contributed by atoms with Crippen molar-refractivity contribution in [3.8, 4) is 0 Å². The van der Waals surface area contributed by atoms with E-state index < -0.39 is 0 Å². The number of amides is 1. The van der Waals surface area contributed by atoms with E-state index in [2.05, 4.69) is 16.4 Å². The maximum Gasteiger partial charge on any atom is 0.251 e. The summed E-state index contributed by atoms with van der Waals surface area (Å²) in [7, 11) is 0. The van der Waals surface area contributed by atoms with Crippen LogP contribution in [0, 0.1) is 0 Å². The molecule has 1 aliphatic carbocycles. The van der Waals surface area contributed by atoms with E-state index in [1.54, 1.807) is 12.1 Å². The van der Waals surface area contributed by atoms with Gasteiger partial charge in [0, 0.05) is 18.3 Å². The van der Waals surface area contributed by atoms with Crippen molar-refractivity contribution in [2.45, 2.75) is 25.7 Å². The largest absolute Gasteiger partial charge is 0.352 e. The Morgan fingerprint density at radius 1 is 1.53 bits per heavy atom. The van der Waals surface area contributed by atoms with Crippen LogP contribution in [0.2, 0.25) is 5.15 Å². The third-order valence-electron chi connectivity index (χ3n) is 2.86. The monoisotopic (exact) mass is 250 g/mol. The number of carbonyl (C=O) groups is 1. The molecule has 1 heterocycles. The number of hydrogen-bond donors (Lipinski definition) is 1. The van der Waals surface area contributed by atoms with Gasteiger partial charge in [-0.2, -0.15) is 0 Å². The smallest absolute Gasteiger partial charge is 0.251 e. The Morgan fingerprint density at radius 3 is 3.12 bits per heavy atom. The molecule has 0 aliphatic heterocycles. The maximum absolute atomic E-state index is 11.8. The molecule has 1 aromatic rings. The number of carbonyl (C=O) groups excluding carboxylic acids is 1. The quantitative estimate of drug-likeness (QED) is 0.659. The van der Waals surface area contributed by atoms with Crippen molar-refractivity contribution in [2.24, 2.45) is 0 Å². The van der Waals surface area contributed by atoms with Gasteiger partial charge >= 0.3 is 0 Å². The van der Waals surface area contributed by atoms with E-state index in [1.807, 2.05) is 0 Å². The lowest BCUT2D eigenvalue weighted by Crippen LogP contribution is -2.24. The van der Waals surface area contributed by atoms with Crippen LogP contribution in [0.4, 0.5) is 0 Å². The van der Waals surface area contributed by atoms with E-state index in [0.29, 0.717) is 17.3 Å². The number of nitrogens with one attached hydrogen (secondary N) is 1. The first kappa shape index (κ1) is 12.1. The van der Waals surface area contributed by atoms with Gasteiger partial charge in [0.25, 0.3) is 5.91 Å². The molecule has 1 amide bonds. The van der Waals surface area contributed by atoms with Crippen LogP contribution < -0.4 is 5.32 Å². The number of aromatic nitrogens is 1. The predicted octanol–water partition coefficient (Wildman–Crippen LogP) is 2.97. The van der Waals surface area contributed by atoms with Crippen molar-refractivity contribution in [1.82, 2.24) is 10.3 Å². The van der Waals surface area contributed by atoms with Gasteiger partial charge < -0.3 is 5.32 Å². The molecule has 0 saturated carbocycles. The summed E-state index contributed by atoms with van der Waals surface area (Å²) in [6.45, 7) is 0.685. The highest BCUT2D eigenvalue weighted by Crippen LogP contribution is 2.19. The van der Waals surface area contributed by atoms with E-state index in [9.17, 15) is 4.79 Å². The zero-order valence-electron chi connectivity index (χ0n) is 9.58.